The van der Waals surface area contributed by atoms with Crippen molar-refractivity contribution < 1.29 is 13.2 Å². The maximum absolute atomic E-state index is 12.6. The van der Waals surface area contributed by atoms with E-state index in [1.54, 1.807) is 26.4 Å². The monoisotopic (exact) mass is 398 g/mol. The zero-order chi connectivity index (χ0) is 19.2. The van der Waals surface area contributed by atoms with E-state index in [1.807, 2.05) is 10.8 Å². The lowest BCUT2D eigenvalue weighted by atomic mass is 10.2. The molecule has 0 radical (unpaired) electrons. The molecule has 0 aliphatic rings. The molecule has 0 bridgehead atoms. The molecule has 0 saturated carbocycles. The summed E-state index contributed by atoms with van der Waals surface area (Å²) in [5.41, 5.74) is 0.155. The topological polar surface area (TPSA) is 84.3 Å². The fourth-order valence-corrected chi connectivity index (χ4v) is 4.22. The summed E-state index contributed by atoms with van der Waals surface area (Å²) in [6, 6.07) is 4.20. The highest BCUT2D eigenvalue weighted by molar-refractivity contribution is 7.89. The Labute approximate surface area is 159 Å². The molecule has 0 aliphatic carbocycles. The molecule has 0 spiro atoms. The molecular formula is C17H23ClN4O3S. The van der Waals surface area contributed by atoms with Gasteiger partial charge in [0.25, 0.3) is 5.91 Å². The van der Waals surface area contributed by atoms with E-state index in [1.165, 1.54) is 22.5 Å². The summed E-state index contributed by atoms with van der Waals surface area (Å²) in [4.78, 5) is 16.4. The number of aromatic nitrogens is 2. The molecular weight excluding hydrogens is 376 g/mol. The number of carbonyl (C=O) groups excluding carboxylic acids is 1. The molecule has 2 rings (SSSR count). The Kier molecular flexibility index (Phi) is 7.19. The first kappa shape index (κ1) is 20.4. The van der Waals surface area contributed by atoms with Gasteiger partial charge in [0.1, 0.15) is 0 Å². The predicted molar refractivity (Wildman–Crippen MR) is 101 cm³/mol. The molecule has 142 valence electrons. The summed E-state index contributed by atoms with van der Waals surface area (Å²) in [7, 11) is -3.64. The number of sulfonamides is 1. The number of amides is 1. The van der Waals surface area contributed by atoms with Gasteiger partial charge in [0.05, 0.1) is 21.8 Å². The predicted octanol–water partition coefficient (Wildman–Crippen LogP) is 2.39. The third-order valence-electron chi connectivity index (χ3n) is 3.96. The molecule has 0 aliphatic heterocycles. The van der Waals surface area contributed by atoms with Gasteiger partial charge in [-0.15, -0.1) is 0 Å². The van der Waals surface area contributed by atoms with E-state index in [9.17, 15) is 13.2 Å². The van der Waals surface area contributed by atoms with Crippen molar-refractivity contribution in [1.82, 2.24) is 19.2 Å². The Morgan fingerprint density at radius 3 is 2.65 bits per heavy atom. The molecule has 1 aromatic carbocycles. The second-order valence-corrected chi connectivity index (χ2v) is 7.99. The fraction of sp³-hybridized carbons (Fsp3) is 0.412. The Morgan fingerprint density at radius 2 is 2.04 bits per heavy atom. The minimum absolute atomic E-state index is 0.0640. The van der Waals surface area contributed by atoms with Gasteiger partial charge in [0.2, 0.25) is 10.0 Å². The van der Waals surface area contributed by atoms with Crippen LogP contribution in [0, 0.1) is 0 Å². The summed E-state index contributed by atoms with van der Waals surface area (Å²) < 4.78 is 28.5. The lowest BCUT2D eigenvalue weighted by molar-refractivity contribution is 0.0952. The minimum Gasteiger partial charge on any atom is -0.352 e. The minimum atomic E-state index is -3.64. The van der Waals surface area contributed by atoms with Crippen LogP contribution in [-0.4, -0.2) is 47.8 Å². The Balaban J connectivity index is 2.07. The summed E-state index contributed by atoms with van der Waals surface area (Å²) in [6.07, 6.45) is 5.97. The smallest absolute Gasteiger partial charge is 0.252 e. The second-order valence-electron chi connectivity index (χ2n) is 5.64. The van der Waals surface area contributed by atoms with Crippen molar-refractivity contribution in [3.63, 3.8) is 0 Å². The van der Waals surface area contributed by atoms with Crippen LogP contribution in [0.4, 0.5) is 0 Å². The fourth-order valence-electron chi connectivity index (χ4n) is 2.53. The molecule has 1 amide bonds. The first-order valence-corrected chi connectivity index (χ1v) is 10.3. The average molecular weight is 399 g/mol. The Morgan fingerprint density at radius 1 is 1.31 bits per heavy atom. The molecule has 26 heavy (non-hydrogen) atoms. The van der Waals surface area contributed by atoms with E-state index >= 15 is 0 Å². The van der Waals surface area contributed by atoms with Crippen LogP contribution in [0.1, 0.15) is 30.6 Å². The average Bonchev–Trinajstić information content (AvgIpc) is 3.13. The number of imidazole rings is 1. The van der Waals surface area contributed by atoms with E-state index in [2.05, 4.69) is 10.3 Å². The molecule has 0 atom stereocenters. The zero-order valence-electron chi connectivity index (χ0n) is 14.9. The van der Waals surface area contributed by atoms with Gasteiger partial charge in [0.15, 0.2) is 0 Å². The number of halogens is 1. The van der Waals surface area contributed by atoms with Gasteiger partial charge in [-0.25, -0.2) is 13.4 Å². The van der Waals surface area contributed by atoms with Crippen molar-refractivity contribution in [3.8, 4) is 0 Å². The van der Waals surface area contributed by atoms with E-state index in [0.29, 0.717) is 19.6 Å². The maximum atomic E-state index is 12.6. The molecule has 1 aromatic heterocycles. The molecule has 9 heteroatoms. The van der Waals surface area contributed by atoms with Gasteiger partial charge in [-0.3, -0.25) is 4.79 Å². The van der Waals surface area contributed by atoms with E-state index < -0.39 is 15.9 Å². The molecule has 2 aromatic rings. The van der Waals surface area contributed by atoms with E-state index in [0.717, 1.165) is 13.0 Å². The molecule has 7 nitrogen and oxygen atoms in total. The highest BCUT2D eigenvalue weighted by atomic mass is 35.5. The number of nitrogens with one attached hydrogen (secondary N) is 1. The lowest BCUT2D eigenvalue weighted by Crippen LogP contribution is -2.31. The van der Waals surface area contributed by atoms with Crippen LogP contribution < -0.4 is 5.32 Å². The van der Waals surface area contributed by atoms with Crippen molar-refractivity contribution in [3.05, 3.63) is 47.5 Å². The summed E-state index contributed by atoms with van der Waals surface area (Å²) in [5.74, 6) is -0.391. The first-order chi connectivity index (χ1) is 12.4. The third-order valence-corrected chi connectivity index (χ3v) is 6.34. The molecule has 1 heterocycles. The van der Waals surface area contributed by atoms with Crippen molar-refractivity contribution in [2.24, 2.45) is 0 Å². The van der Waals surface area contributed by atoms with Crippen LogP contribution in [0.2, 0.25) is 5.02 Å². The number of rotatable bonds is 9. The maximum Gasteiger partial charge on any atom is 0.252 e. The summed E-state index contributed by atoms with van der Waals surface area (Å²) >= 11 is 6.10. The Hall–Kier alpha value is -1.90. The molecule has 0 saturated heterocycles. The SMILES string of the molecule is CCN(CC)S(=O)(=O)c1ccc(Cl)c(C(=O)NCCCn2ccnc2)c1. The van der Waals surface area contributed by atoms with Gasteiger partial charge >= 0.3 is 0 Å². The number of carbonyl (C=O) groups is 1. The van der Waals surface area contributed by atoms with Crippen LogP contribution in [-0.2, 0) is 16.6 Å². The van der Waals surface area contributed by atoms with E-state index in [-0.39, 0.29) is 15.5 Å². The lowest BCUT2D eigenvalue weighted by Gasteiger charge is -2.19. The van der Waals surface area contributed by atoms with Crippen LogP contribution >= 0.6 is 11.6 Å². The van der Waals surface area contributed by atoms with Crippen molar-refractivity contribution in [2.75, 3.05) is 19.6 Å². The third kappa shape index (κ3) is 4.84. The Bertz CT molecular complexity index is 834. The van der Waals surface area contributed by atoms with Gasteiger partial charge in [-0.2, -0.15) is 4.31 Å². The number of benzene rings is 1. The van der Waals surface area contributed by atoms with E-state index in [4.69, 9.17) is 11.6 Å². The van der Waals surface area contributed by atoms with Crippen LogP contribution in [0.15, 0.2) is 41.8 Å². The van der Waals surface area contributed by atoms with Crippen LogP contribution in [0.25, 0.3) is 0 Å². The normalized spacial score (nSPS) is 11.7. The summed E-state index contributed by atoms with van der Waals surface area (Å²) in [5, 5.41) is 2.99. The molecule has 0 fully saturated rings. The van der Waals surface area contributed by atoms with Crippen molar-refractivity contribution in [2.45, 2.75) is 31.7 Å². The second kappa shape index (κ2) is 9.16. The standard InChI is InChI=1S/C17H23ClN4O3S/c1-3-22(4-2)26(24,25)14-6-7-16(18)15(12-14)17(23)20-8-5-10-21-11-9-19-13-21/h6-7,9,11-13H,3-5,8,10H2,1-2H3,(H,20,23). The molecule has 1 N–H and O–H groups in total. The van der Waals surface area contributed by atoms with Crippen LogP contribution in [0.3, 0.4) is 0 Å². The van der Waals surface area contributed by atoms with Gasteiger partial charge in [-0.05, 0) is 24.6 Å². The van der Waals surface area contributed by atoms with Gasteiger partial charge in [-0.1, -0.05) is 25.4 Å². The first-order valence-electron chi connectivity index (χ1n) is 8.43. The van der Waals surface area contributed by atoms with Crippen molar-refractivity contribution in [1.29, 1.82) is 0 Å². The zero-order valence-corrected chi connectivity index (χ0v) is 16.4. The highest BCUT2D eigenvalue weighted by Gasteiger charge is 2.23. The van der Waals surface area contributed by atoms with Gasteiger partial charge in [0, 0.05) is 38.6 Å². The number of nitrogens with zero attached hydrogens (tertiary/aromatic N) is 3. The number of aryl methyl sites for hydroxylation is 1. The largest absolute Gasteiger partial charge is 0.352 e. The quantitative estimate of drug-likeness (QED) is 0.657. The summed E-state index contributed by atoms with van der Waals surface area (Å²) in [6.45, 7) is 5.43. The van der Waals surface area contributed by atoms with Crippen molar-refractivity contribution >= 4 is 27.5 Å². The number of hydrogen-bond acceptors (Lipinski definition) is 4. The van der Waals surface area contributed by atoms with Gasteiger partial charge < -0.3 is 9.88 Å². The van der Waals surface area contributed by atoms with Crippen LogP contribution in [0.5, 0.6) is 0 Å². The highest BCUT2D eigenvalue weighted by Crippen LogP contribution is 2.23. The molecule has 0 unspecified atom stereocenters. The number of hydrogen-bond donors (Lipinski definition) is 1.